The first-order valence-corrected chi connectivity index (χ1v) is 6.58. The van der Waals surface area contributed by atoms with E-state index in [4.69, 9.17) is 4.74 Å². The summed E-state index contributed by atoms with van der Waals surface area (Å²) in [6.45, 7) is 1.79. The molecule has 1 heterocycles. The van der Waals surface area contributed by atoms with Gasteiger partial charge in [0.15, 0.2) is 0 Å². The van der Waals surface area contributed by atoms with Gasteiger partial charge in [-0.05, 0) is 12.5 Å². The number of likely N-dealkylation sites (tertiary alicyclic amines) is 1. The Kier molecular flexibility index (Phi) is 4.59. The molecule has 2 rings (SSSR count). The number of nitrogens with zero attached hydrogens (tertiary/aromatic N) is 1. The van der Waals surface area contributed by atoms with Gasteiger partial charge in [0.25, 0.3) is 0 Å². The van der Waals surface area contributed by atoms with Gasteiger partial charge in [-0.15, -0.1) is 0 Å². The number of hydrogen-bond donors (Lipinski definition) is 3. The zero-order valence-electron chi connectivity index (χ0n) is 11.2. The second-order valence-corrected chi connectivity index (χ2v) is 4.76. The lowest BCUT2D eigenvalue weighted by Crippen LogP contribution is -2.58. The fraction of sp³-hybridized carbons (Fsp3) is 0.500. The molecule has 20 heavy (non-hydrogen) atoms. The number of aliphatic hydroxyl groups is 3. The molecule has 1 saturated heterocycles. The van der Waals surface area contributed by atoms with Crippen LogP contribution in [-0.4, -0.2) is 57.8 Å². The first-order valence-electron chi connectivity index (χ1n) is 6.58. The number of rotatable bonds is 2. The molecular formula is C14H19NO5. The van der Waals surface area contributed by atoms with Crippen LogP contribution in [0.15, 0.2) is 30.3 Å². The maximum absolute atomic E-state index is 12.0. The third-order valence-electron chi connectivity index (χ3n) is 3.43. The van der Waals surface area contributed by atoms with Crippen LogP contribution in [0.3, 0.4) is 0 Å². The lowest BCUT2D eigenvalue weighted by Gasteiger charge is -2.43. The summed E-state index contributed by atoms with van der Waals surface area (Å²) in [6.07, 6.45) is -4.39. The van der Waals surface area contributed by atoms with Crippen LogP contribution in [0.4, 0.5) is 4.79 Å². The summed E-state index contributed by atoms with van der Waals surface area (Å²) in [6, 6.07) is 8.15. The molecular weight excluding hydrogens is 262 g/mol. The first kappa shape index (κ1) is 14.8. The van der Waals surface area contributed by atoms with Crippen molar-refractivity contribution in [3.8, 4) is 0 Å². The maximum atomic E-state index is 12.0. The quantitative estimate of drug-likeness (QED) is 0.724. The zero-order chi connectivity index (χ0) is 14.7. The van der Waals surface area contributed by atoms with Gasteiger partial charge in [0, 0.05) is 0 Å². The highest BCUT2D eigenvalue weighted by atomic mass is 16.6. The molecule has 0 aromatic heterocycles. The van der Waals surface area contributed by atoms with Crippen LogP contribution < -0.4 is 0 Å². The van der Waals surface area contributed by atoms with Gasteiger partial charge in [-0.1, -0.05) is 30.3 Å². The van der Waals surface area contributed by atoms with Gasteiger partial charge in [-0.2, -0.15) is 0 Å². The summed E-state index contributed by atoms with van der Waals surface area (Å²) in [7, 11) is 0. The minimum absolute atomic E-state index is 0.0867. The SMILES string of the molecule is CCOC(=O)N1C[C@H](O)[C@H](O)[C@@H](O)[C@H]1c1ccccc1. The number of amides is 1. The van der Waals surface area contributed by atoms with E-state index in [0.29, 0.717) is 5.56 Å². The molecule has 0 spiro atoms. The predicted octanol–water partition coefficient (Wildman–Crippen LogP) is 0.282. The Labute approximate surface area is 117 Å². The van der Waals surface area contributed by atoms with E-state index < -0.39 is 30.4 Å². The first-order chi connectivity index (χ1) is 9.56. The van der Waals surface area contributed by atoms with Crippen LogP contribution >= 0.6 is 0 Å². The van der Waals surface area contributed by atoms with E-state index >= 15 is 0 Å². The molecule has 1 aromatic rings. The van der Waals surface area contributed by atoms with Crippen molar-refractivity contribution in [3.63, 3.8) is 0 Å². The summed E-state index contributed by atoms with van der Waals surface area (Å²) >= 11 is 0. The fourth-order valence-corrected chi connectivity index (χ4v) is 2.44. The Morgan fingerprint density at radius 3 is 2.50 bits per heavy atom. The van der Waals surface area contributed by atoms with E-state index in [9.17, 15) is 20.1 Å². The van der Waals surface area contributed by atoms with Crippen LogP contribution in [0.5, 0.6) is 0 Å². The summed E-state index contributed by atoms with van der Waals surface area (Å²) in [5, 5.41) is 29.8. The number of benzene rings is 1. The second kappa shape index (κ2) is 6.21. The molecule has 6 heteroatoms. The lowest BCUT2D eigenvalue weighted by atomic mass is 9.89. The normalized spacial score (nSPS) is 30.1. The fourth-order valence-electron chi connectivity index (χ4n) is 2.44. The molecule has 0 bridgehead atoms. The van der Waals surface area contributed by atoms with Crippen molar-refractivity contribution in [2.75, 3.05) is 13.2 Å². The van der Waals surface area contributed by atoms with Gasteiger partial charge in [-0.25, -0.2) is 4.79 Å². The standard InChI is InChI=1S/C14H19NO5/c1-2-20-14(19)15-8-10(16)12(17)13(18)11(15)9-6-4-3-5-7-9/h3-7,10-13,16-18H,2,8H2,1H3/t10-,11+,12-,13-/m0/s1. The van der Waals surface area contributed by atoms with Gasteiger partial charge in [0.2, 0.25) is 0 Å². The highest BCUT2D eigenvalue weighted by Crippen LogP contribution is 2.32. The summed E-state index contributed by atoms with van der Waals surface area (Å²) in [5.41, 5.74) is 0.680. The van der Waals surface area contributed by atoms with Gasteiger partial charge < -0.3 is 20.1 Å². The summed E-state index contributed by atoms with van der Waals surface area (Å²) in [4.78, 5) is 13.2. The lowest BCUT2D eigenvalue weighted by molar-refractivity contribution is -0.132. The van der Waals surface area contributed by atoms with Crippen LogP contribution in [0.2, 0.25) is 0 Å². The highest BCUT2D eigenvalue weighted by Gasteiger charge is 2.44. The van der Waals surface area contributed by atoms with Crippen LogP contribution in [0.25, 0.3) is 0 Å². The Bertz CT molecular complexity index is 452. The van der Waals surface area contributed by atoms with Crippen LogP contribution in [-0.2, 0) is 4.74 Å². The average molecular weight is 281 g/mol. The van der Waals surface area contributed by atoms with Gasteiger partial charge in [0.1, 0.15) is 18.3 Å². The van der Waals surface area contributed by atoms with E-state index in [1.54, 1.807) is 31.2 Å². The van der Waals surface area contributed by atoms with Crippen molar-refractivity contribution in [1.82, 2.24) is 4.90 Å². The topological polar surface area (TPSA) is 90.2 Å². The summed E-state index contributed by atoms with van der Waals surface area (Å²) in [5.74, 6) is 0. The van der Waals surface area contributed by atoms with Crippen molar-refractivity contribution in [2.24, 2.45) is 0 Å². The van der Waals surface area contributed by atoms with E-state index in [0.717, 1.165) is 0 Å². The number of β-amino-alcohol motifs (C(OH)–C–C–N with tert-alkyl or cyclic N) is 1. The Balaban J connectivity index is 2.33. The summed E-state index contributed by atoms with van der Waals surface area (Å²) < 4.78 is 4.95. The molecule has 4 atom stereocenters. The van der Waals surface area contributed by atoms with Gasteiger partial charge >= 0.3 is 6.09 Å². The average Bonchev–Trinajstić information content (AvgIpc) is 2.45. The van der Waals surface area contributed by atoms with E-state index in [-0.39, 0.29) is 13.2 Å². The molecule has 1 amide bonds. The molecule has 0 aliphatic carbocycles. The Hall–Kier alpha value is -1.63. The maximum Gasteiger partial charge on any atom is 0.410 e. The molecule has 1 fully saturated rings. The number of aliphatic hydroxyl groups excluding tert-OH is 3. The molecule has 1 aliphatic rings. The van der Waals surface area contributed by atoms with Crippen molar-refractivity contribution in [2.45, 2.75) is 31.3 Å². The number of carbonyl (C=O) groups is 1. The number of ether oxygens (including phenoxy) is 1. The highest BCUT2D eigenvalue weighted by molar-refractivity contribution is 5.69. The monoisotopic (exact) mass is 281 g/mol. The molecule has 0 unspecified atom stereocenters. The van der Waals surface area contributed by atoms with Crippen LogP contribution in [0, 0.1) is 0 Å². The zero-order valence-corrected chi connectivity index (χ0v) is 11.2. The number of hydrogen-bond acceptors (Lipinski definition) is 5. The number of carbonyl (C=O) groups excluding carboxylic acids is 1. The largest absolute Gasteiger partial charge is 0.450 e. The molecule has 110 valence electrons. The Morgan fingerprint density at radius 2 is 1.90 bits per heavy atom. The third kappa shape index (κ3) is 2.77. The van der Waals surface area contributed by atoms with Crippen molar-refractivity contribution in [1.29, 1.82) is 0 Å². The minimum Gasteiger partial charge on any atom is -0.450 e. The van der Waals surface area contributed by atoms with Crippen molar-refractivity contribution < 1.29 is 24.9 Å². The van der Waals surface area contributed by atoms with E-state index in [2.05, 4.69) is 0 Å². The smallest absolute Gasteiger partial charge is 0.410 e. The minimum atomic E-state index is -1.30. The van der Waals surface area contributed by atoms with Gasteiger partial charge in [-0.3, -0.25) is 4.90 Å². The molecule has 0 saturated carbocycles. The molecule has 1 aliphatic heterocycles. The third-order valence-corrected chi connectivity index (χ3v) is 3.43. The van der Waals surface area contributed by atoms with Crippen molar-refractivity contribution >= 4 is 6.09 Å². The van der Waals surface area contributed by atoms with Gasteiger partial charge in [0.05, 0.1) is 19.2 Å². The van der Waals surface area contributed by atoms with Crippen LogP contribution in [0.1, 0.15) is 18.5 Å². The molecule has 6 nitrogen and oxygen atoms in total. The number of piperidine rings is 1. The molecule has 3 N–H and O–H groups in total. The predicted molar refractivity (Wildman–Crippen MR) is 70.9 cm³/mol. The van der Waals surface area contributed by atoms with Crippen molar-refractivity contribution in [3.05, 3.63) is 35.9 Å². The second-order valence-electron chi connectivity index (χ2n) is 4.76. The van der Waals surface area contributed by atoms with E-state index in [1.807, 2.05) is 6.07 Å². The van der Waals surface area contributed by atoms with E-state index in [1.165, 1.54) is 4.90 Å². The molecule has 0 radical (unpaired) electrons. The molecule has 1 aromatic carbocycles. The Morgan fingerprint density at radius 1 is 1.25 bits per heavy atom.